The summed E-state index contributed by atoms with van der Waals surface area (Å²) in [6.07, 6.45) is 4.05. The molecule has 0 radical (unpaired) electrons. The van der Waals surface area contributed by atoms with E-state index in [0.29, 0.717) is 30.0 Å². The number of fused-ring (bicyclic) bond motifs is 1. The molecule has 1 aromatic carbocycles. The summed E-state index contributed by atoms with van der Waals surface area (Å²) in [6, 6.07) is 6.86. The molecule has 156 valence electrons. The number of aromatic amines is 1. The van der Waals surface area contributed by atoms with Crippen molar-refractivity contribution in [3.63, 3.8) is 0 Å². The number of carbonyl (C=O) groups is 1. The van der Waals surface area contributed by atoms with Crippen LogP contribution in [0, 0.1) is 6.92 Å². The van der Waals surface area contributed by atoms with Gasteiger partial charge in [-0.2, -0.15) is 5.10 Å². The lowest BCUT2D eigenvalue weighted by molar-refractivity contribution is -0.116. The van der Waals surface area contributed by atoms with Crippen LogP contribution in [0.5, 0.6) is 0 Å². The van der Waals surface area contributed by atoms with Crippen molar-refractivity contribution < 1.29 is 13.2 Å². The normalized spacial score (nSPS) is 19.8. The van der Waals surface area contributed by atoms with Gasteiger partial charge in [0.15, 0.2) is 21.0 Å². The molecule has 2 aromatic rings. The van der Waals surface area contributed by atoms with Gasteiger partial charge in [0.2, 0.25) is 5.91 Å². The summed E-state index contributed by atoms with van der Waals surface area (Å²) in [4.78, 5) is 14.9. The number of hydrogen-bond donors (Lipinski definition) is 3. The minimum Gasteiger partial charge on any atom is -0.309 e. The van der Waals surface area contributed by atoms with Crippen LogP contribution in [-0.4, -0.2) is 49.1 Å². The summed E-state index contributed by atoms with van der Waals surface area (Å²) >= 11 is 0. The van der Waals surface area contributed by atoms with E-state index in [4.69, 9.17) is 0 Å². The summed E-state index contributed by atoms with van der Waals surface area (Å²) in [6.45, 7) is 5.03. The zero-order valence-corrected chi connectivity index (χ0v) is 17.4. The molecular weight excluding hydrogens is 390 g/mol. The zero-order valence-electron chi connectivity index (χ0n) is 16.6. The van der Waals surface area contributed by atoms with E-state index in [1.807, 2.05) is 13.0 Å². The Labute approximate surface area is 171 Å². The number of anilines is 1. The number of nitrogens with one attached hydrogen (secondary N) is 3. The van der Waals surface area contributed by atoms with Crippen LogP contribution in [0.4, 0.5) is 5.82 Å². The summed E-state index contributed by atoms with van der Waals surface area (Å²) in [5.74, 6) is 0.313. The standard InChI is InChI=1S/C20H27N5O3S/c1-14-6-5-7-15(12-14)29(27,28)20-18-16(13-21-20)19(24-23-18)22-17(26)8-11-25-9-3-2-4-10-25/h5-7,12,20-21H,2-4,8-11,13H2,1H3,(H2,22,23,24,26). The van der Waals surface area contributed by atoms with Gasteiger partial charge in [0.05, 0.1) is 10.6 Å². The van der Waals surface area contributed by atoms with Gasteiger partial charge in [-0.05, 0) is 50.6 Å². The van der Waals surface area contributed by atoms with Crippen molar-refractivity contribution in [1.29, 1.82) is 0 Å². The number of aryl methyl sites for hydroxylation is 1. The first-order valence-electron chi connectivity index (χ1n) is 10.1. The number of piperidine rings is 1. The molecule has 1 fully saturated rings. The van der Waals surface area contributed by atoms with Crippen LogP contribution in [0.25, 0.3) is 0 Å². The Hall–Kier alpha value is -2.23. The molecule has 2 aliphatic heterocycles. The van der Waals surface area contributed by atoms with Gasteiger partial charge in [-0.1, -0.05) is 18.6 Å². The molecule has 1 atom stereocenters. The first-order chi connectivity index (χ1) is 13.9. The van der Waals surface area contributed by atoms with Crippen molar-refractivity contribution in [2.45, 2.75) is 49.4 Å². The molecule has 3 N–H and O–H groups in total. The summed E-state index contributed by atoms with van der Waals surface area (Å²) in [5.41, 5.74) is 2.09. The van der Waals surface area contributed by atoms with Gasteiger partial charge in [0, 0.05) is 25.1 Å². The summed E-state index contributed by atoms with van der Waals surface area (Å²) in [5, 5.41) is 12.0. The second-order valence-electron chi connectivity index (χ2n) is 7.79. The Morgan fingerprint density at radius 1 is 1.28 bits per heavy atom. The number of carbonyl (C=O) groups excluding carboxylic acids is 1. The van der Waals surface area contributed by atoms with E-state index in [1.165, 1.54) is 19.3 Å². The van der Waals surface area contributed by atoms with E-state index in [2.05, 4.69) is 25.7 Å². The number of aromatic nitrogens is 2. The van der Waals surface area contributed by atoms with E-state index in [1.54, 1.807) is 18.2 Å². The molecule has 4 rings (SSSR count). The summed E-state index contributed by atoms with van der Waals surface area (Å²) in [7, 11) is -3.62. The van der Waals surface area contributed by atoms with Crippen molar-refractivity contribution in [3.8, 4) is 0 Å². The Bertz CT molecular complexity index is 995. The number of nitrogens with zero attached hydrogens (tertiary/aromatic N) is 2. The highest BCUT2D eigenvalue weighted by atomic mass is 32.2. The van der Waals surface area contributed by atoms with Crippen LogP contribution in [0.2, 0.25) is 0 Å². The van der Waals surface area contributed by atoms with Gasteiger partial charge in [0.1, 0.15) is 0 Å². The van der Waals surface area contributed by atoms with Crippen molar-refractivity contribution in [3.05, 3.63) is 41.1 Å². The number of amides is 1. The Kier molecular flexibility index (Phi) is 5.71. The fourth-order valence-electron chi connectivity index (χ4n) is 4.01. The van der Waals surface area contributed by atoms with E-state index in [-0.39, 0.29) is 10.8 Å². The van der Waals surface area contributed by atoms with Gasteiger partial charge in [-0.15, -0.1) is 0 Å². The molecule has 9 heteroatoms. The third kappa shape index (κ3) is 4.22. The smallest absolute Gasteiger partial charge is 0.226 e. The zero-order chi connectivity index (χ0) is 20.4. The van der Waals surface area contributed by atoms with Crippen molar-refractivity contribution in [2.24, 2.45) is 0 Å². The molecule has 3 heterocycles. The van der Waals surface area contributed by atoms with E-state index in [9.17, 15) is 13.2 Å². The maximum Gasteiger partial charge on any atom is 0.226 e. The van der Waals surface area contributed by atoms with Crippen molar-refractivity contribution >= 4 is 21.6 Å². The molecule has 29 heavy (non-hydrogen) atoms. The highest BCUT2D eigenvalue weighted by Crippen LogP contribution is 2.35. The van der Waals surface area contributed by atoms with E-state index in [0.717, 1.165) is 25.2 Å². The highest BCUT2D eigenvalue weighted by Gasteiger charge is 2.38. The van der Waals surface area contributed by atoms with Crippen LogP contribution in [-0.2, 0) is 21.2 Å². The van der Waals surface area contributed by atoms with Crippen LogP contribution in [0.3, 0.4) is 0 Å². The first-order valence-corrected chi connectivity index (χ1v) is 11.6. The van der Waals surface area contributed by atoms with Crippen LogP contribution >= 0.6 is 0 Å². The van der Waals surface area contributed by atoms with Crippen molar-refractivity contribution in [1.82, 2.24) is 20.4 Å². The lowest BCUT2D eigenvalue weighted by Crippen LogP contribution is -2.32. The van der Waals surface area contributed by atoms with Crippen molar-refractivity contribution in [2.75, 3.05) is 25.0 Å². The topological polar surface area (TPSA) is 107 Å². The van der Waals surface area contributed by atoms with Gasteiger partial charge in [-0.3, -0.25) is 15.2 Å². The fourth-order valence-corrected chi connectivity index (χ4v) is 5.70. The number of H-pyrrole nitrogens is 1. The molecule has 1 amide bonds. The first kappa shape index (κ1) is 20.1. The van der Waals surface area contributed by atoms with Gasteiger partial charge >= 0.3 is 0 Å². The fraction of sp³-hybridized carbons (Fsp3) is 0.500. The van der Waals surface area contributed by atoms with Crippen LogP contribution < -0.4 is 10.6 Å². The second-order valence-corrected chi connectivity index (χ2v) is 9.82. The second kappa shape index (κ2) is 8.25. The number of rotatable bonds is 6. The Balaban J connectivity index is 1.44. The molecule has 0 aliphatic carbocycles. The predicted molar refractivity (Wildman–Crippen MR) is 110 cm³/mol. The number of benzene rings is 1. The molecule has 1 aromatic heterocycles. The molecule has 1 unspecified atom stereocenters. The quantitative estimate of drug-likeness (QED) is 0.665. The highest BCUT2D eigenvalue weighted by molar-refractivity contribution is 7.91. The minimum absolute atomic E-state index is 0.102. The van der Waals surface area contributed by atoms with Gasteiger partial charge < -0.3 is 10.2 Å². The van der Waals surface area contributed by atoms with Crippen LogP contribution in [0.1, 0.15) is 47.9 Å². The molecule has 0 spiro atoms. The lowest BCUT2D eigenvalue weighted by Gasteiger charge is -2.25. The molecule has 2 aliphatic rings. The minimum atomic E-state index is -3.62. The van der Waals surface area contributed by atoms with Crippen LogP contribution in [0.15, 0.2) is 29.2 Å². The number of sulfone groups is 1. The molecular formula is C20H27N5O3S. The molecule has 0 bridgehead atoms. The lowest BCUT2D eigenvalue weighted by atomic mass is 10.1. The summed E-state index contributed by atoms with van der Waals surface area (Å²) < 4.78 is 26.1. The maximum absolute atomic E-state index is 13.1. The number of likely N-dealkylation sites (tertiary alicyclic amines) is 1. The Morgan fingerprint density at radius 2 is 2.07 bits per heavy atom. The average molecular weight is 418 g/mol. The predicted octanol–water partition coefficient (Wildman–Crippen LogP) is 2.11. The maximum atomic E-state index is 13.1. The third-order valence-electron chi connectivity index (χ3n) is 5.62. The molecule has 8 nitrogen and oxygen atoms in total. The third-order valence-corrected chi connectivity index (χ3v) is 7.55. The monoisotopic (exact) mass is 417 g/mol. The van der Waals surface area contributed by atoms with E-state index >= 15 is 0 Å². The SMILES string of the molecule is Cc1cccc(S(=O)(=O)C2NCc3c(NC(=O)CCN4CCCCC4)n[nH]c32)c1. The van der Waals surface area contributed by atoms with Gasteiger partial charge in [-0.25, -0.2) is 8.42 Å². The average Bonchev–Trinajstić information content (AvgIpc) is 3.30. The van der Waals surface area contributed by atoms with E-state index < -0.39 is 15.2 Å². The molecule has 0 saturated carbocycles. The Morgan fingerprint density at radius 3 is 2.83 bits per heavy atom. The van der Waals surface area contributed by atoms with Gasteiger partial charge in [0.25, 0.3) is 0 Å². The molecule has 1 saturated heterocycles. The number of hydrogen-bond acceptors (Lipinski definition) is 6. The largest absolute Gasteiger partial charge is 0.309 e.